The van der Waals surface area contributed by atoms with E-state index < -0.39 is 7.52 Å². The molecule has 0 fully saturated rings. The van der Waals surface area contributed by atoms with Gasteiger partial charge in [-0.2, -0.15) is 12.6 Å². The van der Waals surface area contributed by atoms with Crippen molar-refractivity contribution in [3.05, 3.63) is 0 Å². The molecule has 0 saturated heterocycles. The van der Waals surface area contributed by atoms with E-state index in [2.05, 4.69) is 18.5 Å². The Bertz CT molecular complexity index is 239. The van der Waals surface area contributed by atoms with Crippen LogP contribution in [0.15, 0.2) is 0 Å². The van der Waals surface area contributed by atoms with Crippen molar-refractivity contribution >= 4 is 20.1 Å². The van der Waals surface area contributed by atoms with Crippen LogP contribution < -0.4 is 0 Å². The van der Waals surface area contributed by atoms with Crippen LogP contribution in [0.3, 0.4) is 0 Å². The minimum absolute atomic E-state index is 0.183. The molecular weight excluding hydrogens is 217 g/mol. The fourth-order valence-corrected chi connectivity index (χ4v) is 2.51. The van der Waals surface area contributed by atoms with Gasteiger partial charge in [0.05, 0.1) is 5.94 Å². The third-order valence-electron chi connectivity index (χ3n) is 1.97. The van der Waals surface area contributed by atoms with Crippen molar-refractivity contribution in [3.63, 3.8) is 0 Å². The maximum absolute atomic E-state index is 11.8. The molecule has 5 heteroatoms. The average Bonchev–Trinajstić information content (AvgIpc) is 2.12. The van der Waals surface area contributed by atoms with Gasteiger partial charge in [0.1, 0.15) is 0 Å². The highest BCUT2D eigenvalue weighted by atomic mass is 32.1. The second-order valence-corrected chi connectivity index (χ2v) is 5.91. The predicted octanol–water partition coefficient (Wildman–Crippen LogP) is 2.45. The van der Waals surface area contributed by atoms with E-state index in [0.717, 1.165) is 25.8 Å². The summed E-state index contributed by atoms with van der Waals surface area (Å²) in [5, 5.41) is 0. The van der Waals surface area contributed by atoms with Crippen LogP contribution in [0.5, 0.6) is 0 Å². The standard InChI is InChI=1S/C9H18NO2PS/c1-4-5-6-7-8-10(2)13(3,11)12-9-14/h1,14H,5-9H2,2-3H3. The van der Waals surface area contributed by atoms with E-state index in [4.69, 9.17) is 10.9 Å². The highest BCUT2D eigenvalue weighted by Crippen LogP contribution is 2.45. The van der Waals surface area contributed by atoms with Gasteiger partial charge in [-0.05, 0) is 19.9 Å². The van der Waals surface area contributed by atoms with E-state index in [1.54, 1.807) is 18.4 Å². The summed E-state index contributed by atoms with van der Waals surface area (Å²) in [6.07, 6.45) is 7.80. The van der Waals surface area contributed by atoms with Crippen molar-refractivity contribution < 1.29 is 9.09 Å². The fraction of sp³-hybridized carbons (Fsp3) is 0.778. The molecule has 0 bridgehead atoms. The summed E-state index contributed by atoms with van der Waals surface area (Å²) in [5.74, 6) is 2.76. The summed E-state index contributed by atoms with van der Waals surface area (Å²) in [6, 6.07) is 0. The molecule has 0 aromatic rings. The zero-order valence-corrected chi connectivity index (χ0v) is 10.6. The maximum Gasteiger partial charge on any atom is 0.269 e. The molecule has 0 aliphatic carbocycles. The van der Waals surface area contributed by atoms with Crippen LogP contribution in [0.25, 0.3) is 0 Å². The normalized spacial score (nSPS) is 15.1. The summed E-state index contributed by atoms with van der Waals surface area (Å²) in [5.41, 5.74) is 0. The molecule has 0 spiro atoms. The van der Waals surface area contributed by atoms with Crippen molar-refractivity contribution in [2.75, 3.05) is 26.2 Å². The molecule has 1 atom stereocenters. The summed E-state index contributed by atoms with van der Waals surface area (Å²) >= 11 is 3.89. The Kier molecular flexibility index (Phi) is 7.40. The lowest BCUT2D eigenvalue weighted by molar-refractivity contribution is 0.320. The SMILES string of the molecule is C#CCCCCN(C)P(C)(=O)OCS. The van der Waals surface area contributed by atoms with Crippen LogP contribution >= 0.6 is 20.1 Å². The van der Waals surface area contributed by atoms with Crippen LogP contribution in [-0.2, 0) is 9.09 Å². The van der Waals surface area contributed by atoms with E-state index in [-0.39, 0.29) is 5.94 Å². The molecule has 1 unspecified atom stereocenters. The Morgan fingerprint density at radius 2 is 2.21 bits per heavy atom. The quantitative estimate of drug-likeness (QED) is 0.242. The molecule has 14 heavy (non-hydrogen) atoms. The molecule has 0 aromatic heterocycles. The molecule has 3 nitrogen and oxygen atoms in total. The molecule has 0 saturated carbocycles. The van der Waals surface area contributed by atoms with E-state index in [1.165, 1.54) is 0 Å². The molecule has 0 aliphatic rings. The monoisotopic (exact) mass is 235 g/mol. The highest BCUT2D eigenvalue weighted by Gasteiger charge is 2.20. The molecule has 0 radical (unpaired) electrons. The van der Waals surface area contributed by atoms with Gasteiger partial charge in [0.15, 0.2) is 0 Å². The number of unbranched alkanes of at least 4 members (excludes halogenated alkanes) is 2. The van der Waals surface area contributed by atoms with Crippen LogP contribution in [0.2, 0.25) is 0 Å². The van der Waals surface area contributed by atoms with Gasteiger partial charge in [0, 0.05) is 19.6 Å². The van der Waals surface area contributed by atoms with Crippen molar-refractivity contribution in [1.82, 2.24) is 4.67 Å². The first-order valence-electron chi connectivity index (χ1n) is 4.52. The van der Waals surface area contributed by atoms with Gasteiger partial charge in [-0.15, -0.1) is 12.3 Å². The van der Waals surface area contributed by atoms with Gasteiger partial charge in [0.2, 0.25) is 0 Å². The lowest BCUT2D eigenvalue weighted by Gasteiger charge is -2.23. The maximum atomic E-state index is 11.8. The van der Waals surface area contributed by atoms with E-state index in [9.17, 15) is 4.57 Å². The second kappa shape index (κ2) is 7.36. The zero-order chi connectivity index (χ0) is 11.0. The minimum atomic E-state index is -2.63. The molecule has 0 aromatic carbocycles. The van der Waals surface area contributed by atoms with Crippen LogP contribution in [-0.4, -0.2) is 30.9 Å². The summed E-state index contributed by atoms with van der Waals surface area (Å²) < 4.78 is 18.6. The Labute approximate surface area is 92.1 Å². The molecule has 0 rings (SSSR count). The number of thiol groups is 1. The fourth-order valence-electron chi connectivity index (χ4n) is 0.955. The van der Waals surface area contributed by atoms with E-state index >= 15 is 0 Å². The average molecular weight is 235 g/mol. The van der Waals surface area contributed by atoms with Crippen LogP contribution in [0.1, 0.15) is 19.3 Å². The summed E-state index contributed by atoms with van der Waals surface area (Å²) in [6.45, 7) is 2.34. The molecular formula is C9H18NO2PS. The van der Waals surface area contributed by atoms with E-state index in [1.807, 2.05) is 0 Å². The van der Waals surface area contributed by atoms with Crippen LogP contribution in [0.4, 0.5) is 0 Å². The number of terminal acetylenes is 1. The van der Waals surface area contributed by atoms with Crippen molar-refractivity contribution in [2.24, 2.45) is 0 Å². The first-order chi connectivity index (χ1) is 6.54. The highest BCUT2D eigenvalue weighted by molar-refractivity contribution is 7.80. The number of hydrogen-bond donors (Lipinski definition) is 1. The van der Waals surface area contributed by atoms with Crippen molar-refractivity contribution in [2.45, 2.75) is 19.3 Å². The smallest absolute Gasteiger partial charge is 0.269 e. The van der Waals surface area contributed by atoms with Gasteiger partial charge in [-0.1, -0.05) is 0 Å². The van der Waals surface area contributed by atoms with Crippen molar-refractivity contribution in [1.29, 1.82) is 0 Å². The Hall–Kier alpha value is 0.0600. The van der Waals surface area contributed by atoms with E-state index in [0.29, 0.717) is 0 Å². The van der Waals surface area contributed by atoms with Crippen molar-refractivity contribution in [3.8, 4) is 12.3 Å². The van der Waals surface area contributed by atoms with Gasteiger partial charge in [-0.25, -0.2) is 4.67 Å². The molecule has 0 N–H and O–H groups in total. The molecule has 0 heterocycles. The summed E-state index contributed by atoms with van der Waals surface area (Å²) in [7, 11) is -0.835. The Morgan fingerprint density at radius 3 is 2.71 bits per heavy atom. The first-order valence-corrected chi connectivity index (χ1v) is 7.18. The number of rotatable bonds is 7. The third-order valence-corrected chi connectivity index (χ3v) is 4.35. The predicted molar refractivity (Wildman–Crippen MR) is 63.8 cm³/mol. The molecule has 0 amide bonds. The van der Waals surface area contributed by atoms with Gasteiger partial charge in [0.25, 0.3) is 7.52 Å². The zero-order valence-electron chi connectivity index (χ0n) is 8.77. The van der Waals surface area contributed by atoms with Gasteiger partial charge >= 0.3 is 0 Å². The number of nitrogens with zero attached hydrogens (tertiary/aromatic N) is 1. The first kappa shape index (κ1) is 14.1. The van der Waals surface area contributed by atoms with Gasteiger partial charge < -0.3 is 4.52 Å². The largest absolute Gasteiger partial charge is 0.307 e. The van der Waals surface area contributed by atoms with Gasteiger partial charge in [-0.3, -0.25) is 4.57 Å². The Balaban J connectivity index is 3.78. The lowest BCUT2D eigenvalue weighted by Crippen LogP contribution is -2.17. The minimum Gasteiger partial charge on any atom is -0.307 e. The summed E-state index contributed by atoms with van der Waals surface area (Å²) in [4.78, 5) is 0. The topological polar surface area (TPSA) is 29.5 Å². The van der Waals surface area contributed by atoms with Crippen LogP contribution in [0, 0.1) is 12.3 Å². The third kappa shape index (κ3) is 5.72. The molecule has 82 valence electrons. The number of hydrogen-bond acceptors (Lipinski definition) is 3. The Morgan fingerprint density at radius 1 is 1.57 bits per heavy atom. The molecule has 0 aliphatic heterocycles. The lowest BCUT2D eigenvalue weighted by atomic mass is 10.2. The second-order valence-electron chi connectivity index (χ2n) is 3.10.